The minimum Gasteiger partial charge on any atom is -0.447 e. The Hall–Kier alpha value is -1.40. The van der Waals surface area contributed by atoms with Crippen molar-refractivity contribution in [3.8, 4) is 0 Å². The van der Waals surface area contributed by atoms with E-state index in [1.165, 1.54) is 44.1 Å². The van der Waals surface area contributed by atoms with Gasteiger partial charge in [-0.3, -0.25) is 4.52 Å². The number of cyclic esters (lactones) is 1. The van der Waals surface area contributed by atoms with Crippen molar-refractivity contribution in [1.29, 1.82) is 0 Å². The number of ether oxygens (including phenoxy) is 1. The summed E-state index contributed by atoms with van der Waals surface area (Å²) in [5.41, 5.74) is 1.50. The Morgan fingerprint density at radius 2 is 1.68 bits per heavy atom. The summed E-state index contributed by atoms with van der Waals surface area (Å²) >= 11 is 0. The molecule has 0 spiro atoms. The van der Waals surface area contributed by atoms with Crippen LogP contribution < -0.4 is 5.32 Å². The highest BCUT2D eigenvalue weighted by Gasteiger charge is 2.41. The van der Waals surface area contributed by atoms with Gasteiger partial charge in [-0.15, -0.1) is 0 Å². The van der Waals surface area contributed by atoms with E-state index in [2.05, 4.69) is 41.0 Å². The predicted molar refractivity (Wildman–Crippen MR) is 107 cm³/mol. The molecule has 0 aliphatic carbocycles. The van der Waals surface area contributed by atoms with E-state index in [0.29, 0.717) is 12.8 Å². The molecule has 2 rings (SSSR count). The van der Waals surface area contributed by atoms with Gasteiger partial charge >= 0.3 is 13.9 Å². The Morgan fingerprint density at radius 3 is 2.25 bits per heavy atom. The summed E-state index contributed by atoms with van der Waals surface area (Å²) in [7, 11) is -4.61. The average Bonchev–Trinajstić information content (AvgIpc) is 3.03. The van der Waals surface area contributed by atoms with Crippen LogP contribution in [0.4, 0.5) is 4.79 Å². The number of aryl methyl sites for hydroxylation is 2. The molecule has 28 heavy (non-hydrogen) atoms. The van der Waals surface area contributed by atoms with Crippen molar-refractivity contribution in [3.05, 3.63) is 35.4 Å². The number of amides is 1. The fraction of sp³-hybridized carbons (Fsp3) is 0.650. The quantitative estimate of drug-likeness (QED) is 0.332. The highest BCUT2D eigenvalue weighted by molar-refractivity contribution is 7.46. The lowest BCUT2D eigenvalue weighted by molar-refractivity contribution is 0.122. The first-order valence-corrected chi connectivity index (χ1v) is 11.6. The number of phosphoric ester groups is 1. The lowest BCUT2D eigenvalue weighted by atomic mass is 9.93. The van der Waals surface area contributed by atoms with Crippen molar-refractivity contribution < 1.29 is 28.4 Å². The lowest BCUT2D eigenvalue weighted by Gasteiger charge is -2.26. The third-order valence-electron chi connectivity index (χ3n) is 5.09. The molecule has 8 heteroatoms. The second kappa shape index (κ2) is 11.0. The monoisotopic (exact) mass is 413 g/mol. The Kier molecular flexibility index (Phi) is 8.96. The molecule has 0 aromatic heterocycles. The number of phosphoric acid groups is 1. The van der Waals surface area contributed by atoms with Crippen LogP contribution in [0.3, 0.4) is 0 Å². The minimum atomic E-state index is -4.61. The maximum atomic E-state index is 11.4. The molecular formula is C20H32NO6P. The number of hydrogen-bond acceptors (Lipinski definition) is 4. The summed E-state index contributed by atoms with van der Waals surface area (Å²) in [5.74, 6) is 0. The standard InChI is InChI=1S/C20H32NO6P/c1-2-3-4-5-6-7-8-17-9-11-18(12-10-17)13-14-20(15-26-19(22)21-20)16-27-28(23,24)25/h9-12H,2-8,13-16H2,1H3,(H,21,22)(H2,23,24,25)/t20-/m1/s1. The van der Waals surface area contributed by atoms with Gasteiger partial charge in [0.05, 0.1) is 6.61 Å². The zero-order valence-corrected chi connectivity index (χ0v) is 17.5. The second-order valence-electron chi connectivity index (χ2n) is 7.58. The van der Waals surface area contributed by atoms with Gasteiger partial charge in [-0.2, -0.15) is 0 Å². The number of rotatable bonds is 13. The molecule has 0 saturated carbocycles. The minimum absolute atomic E-state index is 0.0297. The summed E-state index contributed by atoms with van der Waals surface area (Å²) < 4.78 is 20.6. The van der Waals surface area contributed by atoms with Gasteiger partial charge in [0.2, 0.25) is 0 Å². The summed E-state index contributed by atoms with van der Waals surface area (Å²) in [4.78, 5) is 29.3. The summed E-state index contributed by atoms with van der Waals surface area (Å²) in [5, 5.41) is 2.64. The van der Waals surface area contributed by atoms with Crippen LogP contribution in [0.15, 0.2) is 24.3 Å². The molecule has 1 fully saturated rings. The zero-order chi connectivity index (χ0) is 20.5. The van der Waals surface area contributed by atoms with Gasteiger partial charge in [0, 0.05) is 0 Å². The number of unbranched alkanes of at least 4 members (excludes halogenated alkanes) is 5. The topological polar surface area (TPSA) is 105 Å². The van der Waals surface area contributed by atoms with Gasteiger partial charge in [0.15, 0.2) is 0 Å². The maximum absolute atomic E-state index is 11.4. The second-order valence-corrected chi connectivity index (χ2v) is 8.82. The fourth-order valence-electron chi connectivity index (χ4n) is 3.35. The van der Waals surface area contributed by atoms with Crippen molar-refractivity contribution in [2.45, 2.75) is 70.3 Å². The number of carbonyl (C=O) groups is 1. The molecule has 1 aliphatic heterocycles. The van der Waals surface area contributed by atoms with E-state index in [9.17, 15) is 9.36 Å². The van der Waals surface area contributed by atoms with Gasteiger partial charge in [0.25, 0.3) is 0 Å². The Labute approximate surface area is 167 Å². The average molecular weight is 413 g/mol. The van der Waals surface area contributed by atoms with E-state index in [0.717, 1.165) is 12.0 Å². The Balaban J connectivity index is 1.80. The molecule has 158 valence electrons. The number of alkyl carbamates (subject to hydrolysis) is 1. The van der Waals surface area contributed by atoms with Gasteiger partial charge in [-0.05, 0) is 36.8 Å². The number of hydrogen-bond donors (Lipinski definition) is 3. The number of carbonyl (C=O) groups excluding carboxylic acids is 1. The highest BCUT2D eigenvalue weighted by atomic mass is 31.2. The molecule has 0 unspecified atom stereocenters. The smallest absolute Gasteiger partial charge is 0.447 e. The molecule has 1 amide bonds. The van der Waals surface area contributed by atoms with Crippen LogP contribution in [0, 0.1) is 0 Å². The SMILES string of the molecule is CCCCCCCCc1ccc(CC[C@]2(COP(=O)(O)O)COC(=O)N2)cc1. The molecule has 1 heterocycles. The third kappa shape index (κ3) is 8.31. The van der Waals surface area contributed by atoms with Crippen molar-refractivity contribution >= 4 is 13.9 Å². The van der Waals surface area contributed by atoms with E-state index in [-0.39, 0.29) is 13.2 Å². The van der Waals surface area contributed by atoms with Gasteiger partial charge < -0.3 is 19.8 Å². The van der Waals surface area contributed by atoms with Gasteiger partial charge in [-0.1, -0.05) is 63.3 Å². The molecule has 1 atom stereocenters. The molecular weight excluding hydrogens is 381 g/mol. The maximum Gasteiger partial charge on any atom is 0.469 e. The van der Waals surface area contributed by atoms with E-state index >= 15 is 0 Å². The molecule has 0 bridgehead atoms. The summed E-state index contributed by atoms with van der Waals surface area (Å²) in [6, 6.07) is 8.40. The van der Waals surface area contributed by atoms with E-state index in [1.807, 2.05) is 0 Å². The van der Waals surface area contributed by atoms with Gasteiger partial charge in [0.1, 0.15) is 12.1 Å². The van der Waals surface area contributed by atoms with Crippen molar-refractivity contribution in [2.75, 3.05) is 13.2 Å². The molecule has 1 aliphatic rings. The third-order valence-corrected chi connectivity index (χ3v) is 5.56. The van der Waals surface area contributed by atoms with Crippen molar-refractivity contribution in [3.63, 3.8) is 0 Å². The summed E-state index contributed by atoms with van der Waals surface area (Å²) in [6.45, 7) is 1.96. The molecule has 0 radical (unpaired) electrons. The first-order valence-electron chi connectivity index (χ1n) is 10.0. The van der Waals surface area contributed by atoms with Gasteiger partial charge in [-0.25, -0.2) is 9.36 Å². The molecule has 3 N–H and O–H groups in total. The summed E-state index contributed by atoms with van der Waals surface area (Å²) in [6.07, 6.45) is 9.28. The largest absolute Gasteiger partial charge is 0.469 e. The first-order chi connectivity index (χ1) is 13.3. The van der Waals surface area contributed by atoms with Crippen LogP contribution in [-0.4, -0.2) is 34.6 Å². The van der Waals surface area contributed by atoms with E-state index in [1.54, 1.807) is 0 Å². The Bertz CT molecular complexity index is 659. The van der Waals surface area contributed by atoms with Crippen molar-refractivity contribution in [2.24, 2.45) is 0 Å². The predicted octanol–water partition coefficient (Wildman–Crippen LogP) is 4.11. The first kappa shape index (κ1) is 22.9. The van der Waals surface area contributed by atoms with Crippen LogP contribution in [0.25, 0.3) is 0 Å². The molecule has 1 aromatic rings. The highest BCUT2D eigenvalue weighted by Crippen LogP contribution is 2.38. The van der Waals surface area contributed by atoms with E-state index < -0.39 is 19.5 Å². The molecule has 7 nitrogen and oxygen atoms in total. The number of nitrogens with one attached hydrogen (secondary N) is 1. The fourth-order valence-corrected chi connectivity index (χ4v) is 3.77. The number of benzene rings is 1. The zero-order valence-electron chi connectivity index (χ0n) is 16.6. The van der Waals surface area contributed by atoms with Crippen LogP contribution >= 0.6 is 7.82 Å². The van der Waals surface area contributed by atoms with Crippen molar-refractivity contribution in [1.82, 2.24) is 5.32 Å². The molecule has 1 aromatic carbocycles. The van der Waals surface area contributed by atoms with E-state index in [4.69, 9.17) is 14.5 Å². The Morgan fingerprint density at radius 1 is 1.07 bits per heavy atom. The van der Waals surface area contributed by atoms with Crippen LogP contribution in [-0.2, 0) is 26.7 Å². The van der Waals surface area contributed by atoms with Crippen LogP contribution in [0.2, 0.25) is 0 Å². The van der Waals surface area contributed by atoms with Crippen LogP contribution in [0.1, 0.15) is 63.0 Å². The lowest BCUT2D eigenvalue weighted by Crippen LogP contribution is -2.47. The molecule has 1 saturated heterocycles. The normalized spacial score (nSPS) is 19.5. The van der Waals surface area contributed by atoms with Crippen LogP contribution in [0.5, 0.6) is 0 Å².